The summed E-state index contributed by atoms with van der Waals surface area (Å²) in [5, 5.41) is 11.9. The molecule has 2 heteroatoms. The van der Waals surface area contributed by atoms with Gasteiger partial charge in [-0.05, 0) is 66.9 Å². The summed E-state index contributed by atoms with van der Waals surface area (Å²) in [4.78, 5) is 4.72. The Morgan fingerprint density at radius 3 is 2.64 bits per heavy atom. The quantitative estimate of drug-likeness (QED) is 0.717. The van der Waals surface area contributed by atoms with Crippen LogP contribution in [0.4, 0.5) is 0 Å². The molecule has 1 heterocycles. The molecule has 136 valence electrons. The average Bonchev–Trinajstić information content (AvgIpc) is 2.64. The second-order valence-electron chi connectivity index (χ2n) is 8.18. The molecule has 0 radical (unpaired) electrons. The maximum absolute atomic E-state index is 9.38. The zero-order valence-electron chi connectivity index (χ0n) is 15.9. The van der Waals surface area contributed by atoms with Gasteiger partial charge in [0.1, 0.15) is 0 Å². The van der Waals surface area contributed by atoms with E-state index in [1.165, 1.54) is 47.7 Å². The fourth-order valence-corrected chi connectivity index (χ4v) is 4.13. The average molecular weight is 340 g/mol. The maximum Gasteiger partial charge on any atom is 0.0459 e. The van der Waals surface area contributed by atoms with Crippen molar-refractivity contribution in [2.24, 2.45) is 17.8 Å². The first-order chi connectivity index (χ1) is 12.2. The number of hydrogen-bond donors (Lipinski definition) is 1. The normalized spacial score (nSPS) is 22.2. The van der Waals surface area contributed by atoms with Crippen LogP contribution in [0, 0.1) is 17.8 Å². The van der Waals surface area contributed by atoms with Gasteiger partial charge in [0.25, 0.3) is 0 Å². The number of rotatable bonds is 7. The van der Waals surface area contributed by atoms with E-state index < -0.39 is 0 Å². The summed E-state index contributed by atoms with van der Waals surface area (Å²) in [5.74, 6) is 2.16. The highest BCUT2D eigenvalue weighted by Gasteiger charge is 2.19. The van der Waals surface area contributed by atoms with E-state index in [4.69, 9.17) is 4.98 Å². The fraction of sp³-hybridized carbons (Fsp3) is 0.609. The van der Waals surface area contributed by atoms with Gasteiger partial charge in [0.05, 0.1) is 0 Å². The number of hydrogen-bond acceptors (Lipinski definition) is 2. The van der Waals surface area contributed by atoms with Crippen molar-refractivity contribution in [3.8, 4) is 0 Å². The topological polar surface area (TPSA) is 33.1 Å². The first kappa shape index (κ1) is 18.4. The van der Waals surface area contributed by atoms with Gasteiger partial charge in [-0.15, -0.1) is 0 Å². The van der Waals surface area contributed by atoms with E-state index in [-0.39, 0.29) is 0 Å². The second kappa shape index (κ2) is 8.80. The van der Waals surface area contributed by atoms with Crippen LogP contribution < -0.4 is 0 Å². The van der Waals surface area contributed by atoms with Crippen molar-refractivity contribution in [3.63, 3.8) is 0 Å². The molecule has 1 aliphatic rings. The van der Waals surface area contributed by atoms with E-state index in [2.05, 4.69) is 38.1 Å². The number of aliphatic hydroxyl groups excluding tert-OH is 1. The minimum atomic E-state index is 0.304. The molecule has 1 aromatic heterocycles. The Kier molecular flexibility index (Phi) is 6.47. The monoisotopic (exact) mass is 339 g/mol. The van der Waals surface area contributed by atoms with Gasteiger partial charge in [0.2, 0.25) is 0 Å². The number of nitrogens with zero attached hydrogens (tertiary/aromatic N) is 1. The van der Waals surface area contributed by atoms with E-state index >= 15 is 0 Å². The minimum absolute atomic E-state index is 0.304. The molecule has 2 aromatic rings. The number of pyridine rings is 1. The number of aliphatic hydroxyl groups is 1. The van der Waals surface area contributed by atoms with Crippen molar-refractivity contribution >= 4 is 10.8 Å². The van der Waals surface area contributed by atoms with Crippen LogP contribution in [-0.2, 0) is 12.8 Å². The maximum atomic E-state index is 9.38. The van der Waals surface area contributed by atoms with Crippen LogP contribution in [0.15, 0.2) is 30.5 Å². The molecule has 25 heavy (non-hydrogen) atoms. The lowest BCUT2D eigenvalue weighted by Gasteiger charge is -2.25. The Balaban J connectivity index is 1.68. The lowest BCUT2D eigenvalue weighted by molar-refractivity contribution is 0.215. The van der Waals surface area contributed by atoms with Gasteiger partial charge in [-0.2, -0.15) is 0 Å². The number of benzene rings is 1. The first-order valence-corrected chi connectivity index (χ1v) is 10.2. The fourth-order valence-electron chi connectivity index (χ4n) is 4.13. The summed E-state index contributed by atoms with van der Waals surface area (Å²) < 4.78 is 0. The predicted molar refractivity (Wildman–Crippen MR) is 106 cm³/mol. The molecule has 1 N–H and O–H groups in total. The standard InChI is InChI=1S/C23H33NO/c1-3-18(16-25)8-9-19-10-11-21-15-24-23(14-22(21)12-19)13-20-6-4-17(2)5-7-20/h10-12,14-15,17-18,20,25H,3-9,13,16H2,1-2H3/t17?,18-,20?/m1/s1. The van der Waals surface area contributed by atoms with Crippen LogP contribution in [0.1, 0.15) is 63.6 Å². The van der Waals surface area contributed by atoms with Crippen LogP contribution in [0.2, 0.25) is 0 Å². The molecule has 1 saturated carbocycles. The van der Waals surface area contributed by atoms with Crippen molar-refractivity contribution in [3.05, 3.63) is 41.7 Å². The molecule has 1 aromatic carbocycles. The Morgan fingerprint density at radius 2 is 1.92 bits per heavy atom. The van der Waals surface area contributed by atoms with Crippen LogP contribution in [-0.4, -0.2) is 16.7 Å². The molecule has 0 aliphatic heterocycles. The zero-order valence-corrected chi connectivity index (χ0v) is 15.9. The van der Waals surface area contributed by atoms with Gasteiger partial charge in [-0.1, -0.05) is 51.3 Å². The summed E-state index contributed by atoms with van der Waals surface area (Å²) in [7, 11) is 0. The number of aryl methyl sites for hydroxylation is 1. The van der Waals surface area contributed by atoms with E-state index in [9.17, 15) is 5.11 Å². The summed E-state index contributed by atoms with van der Waals surface area (Å²) >= 11 is 0. The van der Waals surface area contributed by atoms with Crippen molar-refractivity contribution in [1.82, 2.24) is 4.98 Å². The van der Waals surface area contributed by atoms with Gasteiger partial charge >= 0.3 is 0 Å². The highest BCUT2D eigenvalue weighted by atomic mass is 16.3. The third-order valence-corrected chi connectivity index (χ3v) is 6.15. The van der Waals surface area contributed by atoms with Crippen LogP contribution in [0.3, 0.4) is 0 Å². The smallest absolute Gasteiger partial charge is 0.0459 e. The zero-order chi connectivity index (χ0) is 17.6. The lowest BCUT2D eigenvalue weighted by atomic mass is 9.81. The Morgan fingerprint density at radius 1 is 1.12 bits per heavy atom. The van der Waals surface area contributed by atoms with Crippen LogP contribution in [0.5, 0.6) is 0 Å². The Hall–Kier alpha value is -1.41. The van der Waals surface area contributed by atoms with Crippen LogP contribution in [0.25, 0.3) is 10.8 Å². The molecule has 1 fully saturated rings. The van der Waals surface area contributed by atoms with E-state index in [1.807, 2.05) is 6.20 Å². The molecule has 0 amide bonds. The Labute approximate surface area is 152 Å². The summed E-state index contributed by atoms with van der Waals surface area (Å²) in [6.45, 7) is 4.84. The molecule has 0 saturated heterocycles. The van der Waals surface area contributed by atoms with Gasteiger partial charge in [-0.3, -0.25) is 4.98 Å². The van der Waals surface area contributed by atoms with Gasteiger partial charge in [0, 0.05) is 23.9 Å². The lowest BCUT2D eigenvalue weighted by Crippen LogP contribution is -2.14. The molecule has 1 atom stereocenters. The molecular weight excluding hydrogens is 306 g/mol. The van der Waals surface area contributed by atoms with E-state index in [0.29, 0.717) is 12.5 Å². The van der Waals surface area contributed by atoms with Gasteiger partial charge in [0.15, 0.2) is 0 Å². The highest BCUT2D eigenvalue weighted by molar-refractivity contribution is 5.82. The SMILES string of the molecule is CC[C@@H](CO)CCc1ccc2cnc(CC3CCC(C)CC3)cc2c1. The first-order valence-electron chi connectivity index (χ1n) is 10.2. The summed E-state index contributed by atoms with van der Waals surface area (Å²) in [6.07, 6.45) is 11.8. The summed E-state index contributed by atoms with van der Waals surface area (Å²) in [6, 6.07) is 9.05. The third kappa shape index (κ3) is 5.04. The predicted octanol–water partition coefficient (Wildman–Crippen LogP) is 5.55. The molecule has 0 spiro atoms. The highest BCUT2D eigenvalue weighted by Crippen LogP contribution is 2.30. The largest absolute Gasteiger partial charge is 0.396 e. The number of fused-ring (bicyclic) bond motifs is 1. The van der Waals surface area contributed by atoms with Gasteiger partial charge in [-0.25, -0.2) is 0 Å². The molecular formula is C23H33NO. The van der Waals surface area contributed by atoms with Crippen molar-refractivity contribution in [2.45, 2.75) is 65.2 Å². The Bertz CT molecular complexity index is 669. The van der Waals surface area contributed by atoms with Crippen LogP contribution >= 0.6 is 0 Å². The molecule has 3 rings (SSSR count). The summed E-state index contributed by atoms with van der Waals surface area (Å²) in [5.41, 5.74) is 2.63. The van der Waals surface area contributed by atoms with Crippen molar-refractivity contribution in [1.29, 1.82) is 0 Å². The molecule has 0 bridgehead atoms. The second-order valence-corrected chi connectivity index (χ2v) is 8.18. The van der Waals surface area contributed by atoms with Crippen molar-refractivity contribution < 1.29 is 5.11 Å². The number of aromatic nitrogens is 1. The molecule has 0 unspecified atom stereocenters. The molecule has 1 aliphatic carbocycles. The van der Waals surface area contributed by atoms with Gasteiger partial charge < -0.3 is 5.11 Å². The van der Waals surface area contributed by atoms with E-state index in [0.717, 1.165) is 37.5 Å². The third-order valence-electron chi connectivity index (χ3n) is 6.15. The van der Waals surface area contributed by atoms with Crippen molar-refractivity contribution in [2.75, 3.05) is 6.61 Å². The van der Waals surface area contributed by atoms with E-state index in [1.54, 1.807) is 0 Å². The minimum Gasteiger partial charge on any atom is -0.396 e. The molecule has 2 nitrogen and oxygen atoms in total.